The van der Waals surface area contributed by atoms with Gasteiger partial charge in [-0.25, -0.2) is 4.98 Å². The van der Waals surface area contributed by atoms with E-state index < -0.39 is 11.9 Å². The summed E-state index contributed by atoms with van der Waals surface area (Å²) in [6.45, 7) is 2.43. The molecular formula is C10H13F3N2O. The van der Waals surface area contributed by atoms with Gasteiger partial charge < -0.3 is 10.0 Å². The number of aliphatic hydroxyl groups excluding tert-OH is 1. The highest BCUT2D eigenvalue weighted by Gasteiger charge is 2.32. The standard InChI is InChI=1S/C10H13F3N2O/c1-2-15(6-7-16)9-5-3-4-8(14-9)10(11,12)13/h3-5,16H,2,6-7H2,1H3. The van der Waals surface area contributed by atoms with Crippen LogP contribution >= 0.6 is 0 Å². The van der Waals surface area contributed by atoms with Crippen LogP contribution < -0.4 is 4.90 Å². The quantitative estimate of drug-likeness (QED) is 0.864. The van der Waals surface area contributed by atoms with Crippen molar-refractivity contribution in [1.82, 2.24) is 4.98 Å². The van der Waals surface area contributed by atoms with Gasteiger partial charge in [-0.15, -0.1) is 0 Å². The maximum absolute atomic E-state index is 12.4. The molecule has 0 spiro atoms. The molecule has 0 fully saturated rings. The highest BCUT2D eigenvalue weighted by molar-refractivity contribution is 5.39. The number of halogens is 3. The lowest BCUT2D eigenvalue weighted by atomic mass is 10.3. The third-order valence-electron chi connectivity index (χ3n) is 2.10. The second-order valence-electron chi connectivity index (χ2n) is 3.18. The van der Waals surface area contributed by atoms with Crippen LogP contribution in [0.25, 0.3) is 0 Å². The molecule has 0 saturated heterocycles. The number of rotatable bonds is 4. The van der Waals surface area contributed by atoms with Gasteiger partial charge in [0.25, 0.3) is 0 Å². The number of anilines is 1. The van der Waals surface area contributed by atoms with Crippen molar-refractivity contribution < 1.29 is 18.3 Å². The molecule has 1 aromatic rings. The zero-order chi connectivity index (χ0) is 12.2. The summed E-state index contributed by atoms with van der Waals surface area (Å²) in [5.74, 6) is 0.228. The summed E-state index contributed by atoms with van der Waals surface area (Å²) in [5, 5.41) is 8.77. The topological polar surface area (TPSA) is 36.4 Å². The molecule has 0 saturated carbocycles. The fourth-order valence-corrected chi connectivity index (χ4v) is 1.31. The summed E-state index contributed by atoms with van der Waals surface area (Å²) in [6, 6.07) is 3.73. The number of nitrogens with zero attached hydrogens (tertiary/aromatic N) is 2. The molecule has 0 aromatic carbocycles. The highest BCUT2D eigenvalue weighted by Crippen LogP contribution is 2.28. The second kappa shape index (κ2) is 5.16. The number of hydrogen-bond acceptors (Lipinski definition) is 3. The monoisotopic (exact) mass is 234 g/mol. The van der Waals surface area contributed by atoms with E-state index in [1.165, 1.54) is 12.1 Å². The molecule has 6 heteroatoms. The number of aromatic nitrogens is 1. The Morgan fingerprint density at radius 1 is 1.38 bits per heavy atom. The number of alkyl halides is 3. The lowest BCUT2D eigenvalue weighted by Gasteiger charge is -2.21. The normalized spacial score (nSPS) is 11.6. The lowest BCUT2D eigenvalue weighted by Crippen LogP contribution is -2.27. The van der Waals surface area contributed by atoms with Crippen LogP contribution in [0.3, 0.4) is 0 Å². The highest BCUT2D eigenvalue weighted by atomic mass is 19.4. The minimum absolute atomic E-state index is 0.119. The van der Waals surface area contributed by atoms with Crippen molar-refractivity contribution in [2.75, 3.05) is 24.6 Å². The first-order chi connectivity index (χ1) is 7.49. The van der Waals surface area contributed by atoms with Gasteiger partial charge in [0.1, 0.15) is 11.5 Å². The molecule has 0 unspecified atom stereocenters. The van der Waals surface area contributed by atoms with Gasteiger partial charge >= 0.3 is 6.18 Å². The summed E-state index contributed by atoms with van der Waals surface area (Å²) in [4.78, 5) is 5.10. The van der Waals surface area contributed by atoms with E-state index in [-0.39, 0.29) is 19.0 Å². The molecule has 0 aliphatic heterocycles. The molecule has 0 bridgehead atoms. The molecule has 90 valence electrons. The third kappa shape index (κ3) is 3.10. The van der Waals surface area contributed by atoms with Gasteiger partial charge in [-0.3, -0.25) is 0 Å². The van der Waals surface area contributed by atoms with Crippen molar-refractivity contribution in [2.24, 2.45) is 0 Å². The molecule has 0 aliphatic carbocycles. The van der Waals surface area contributed by atoms with E-state index in [1.54, 1.807) is 11.8 Å². The van der Waals surface area contributed by atoms with Gasteiger partial charge in [0.2, 0.25) is 0 Å². The first-order valence-electron chi connectivity index (χ1n) is 4.89. The predicted octanol–water partition coefficient (Wildman–Crippen LogP) is 1.92. The van der Waals surface area contributed by atoms with E-state index in [4.69, 9.17) is 5.11 Å². The maximum Gasteiger partial charge on any atom is 0.433 e. The molecule has 0 aliphatic rings. The van der Waals surface area contributed by atoms with Crippen molar-refractivity contribution in [3.63, 3.8) is 0 Å². The van der Waals surface area contributed by atoms with Crippen molar-refractivity contribution >= 4 is 5.82 Å². The molecule has 0 atom stereocenters. The SMILES string of the molecule is CCN(CCO)c1cccc(C(F)(F)F)n1. The molecule has 3 nitrogen and oxygen atoms in total. The Balaban J connectivity index is 2.97. The Morgan fingerprint density at radius 2 is 2.06 bits per heavy atom. The van der Waals surface area contributed by atoms with E-state index >= 15 is 0 Å². The molecular weight excluding hydrogens is 221 g/mol. The largest absolute Gasteiger partial charge is 0.433 e. The lowest BCUT2D eigenvalue weighted by molar-refractivity contribution is -0.141. The van der Waals surface area contributed by atoms with Crippen LogP contribution in [0.4, 0.5) is 19.0 Å². The predicted molar refractivity (Wildman–Crippen MR) is 54.2 cm³/mol. The van der Waals surface area contributed by atoms with Crippen molar-refractivity contribution in [2.45, 2.75) is 13.1 Å². The van der Waals surface area contributed by atoms with E-state index in [9.17, 15) is 13.2 Å². The fourth-order valence-electron chi connectivity index (χ4n) is 1.31. The van der Waals surface area contributed by atoms with E-state index in [0.717, 1.165) is 6.07 Å². The smallest absolute Gasteiger partial charge is 0.395 e. The van der Waals surface area contributed by atoms with Gasteiger partial charge in [-0.1, -0.05) is 6.07 Å². The van der Waals surface area contributed by atoms with Crippen molar-refractivity contribution in [3.05, 3.63) is 23.9 Å². The Hall–Kier alpha value is -1.30. The third-order valence-corrected chi connectivity index (χ3v) is 2.10. The number of likely N-dealkylation sites (N-methyl/N-ethyl adjacent to an activating group) is 1. The van der Waals surface area contributed by atoms with Crippen LogP contribution in [0.1, 0.15) is 12.6 Å². The molecule has 1 rings (SSSR count). The van der Waals surface area contributed by atoms with E-state index in [1.807, 2.05) is 0 Å². The summed E-state index contributed by atoms with van der Waals surface area (Å²) >= 11 is 0. The summed E-state index contributed by atoms with van der Waals surface area (Å²) in [7, 11) is 0. The zero-order valence-corrected chi connectivity index (χ0v) is 8.83. The number of hydrogen-bond donors (Lipinski definition) is 1. The minimum Gasteiger partial charge on any atom is -0.395 e. The molecule has 16 heavy (non-hydrogen) atoms. The van der Waals surface area contributed by atoms with Crippen LogP contribution in [-0.2, 0) is 6.18 Å². The average Bonchev–Trinajstić information content (AvgIpc) is 2.25. The van der Waals surface area contributed by atoms with Crippen molar-refractivity contribution in [1.29, 1.82) is 0 Å². The minimum atomic E-state index is -4.44. The Bertz CT molecular complexity index is 341. The van der Waals surface area contributed by atoms with E-state index in [2.05, 4.69) is 4.98 Å². The molecule has 0 radical (unpaired) electrons. The van der Waals surface area contributed by atoms with E-state index in [0.29, 0.717) is 6.54 Å². The van der Waals surface area contributed by atoms with Gasteiger partial charge in [-0.05, 0) is 19.1 Å². The Labute approximate surface area is 91.5 Å². The van der Waals surface area contributed by atoms with Crippen LogP contribution in [0.2, 0.25) is 0 Å². The van der Waals surface area contributed by atoms with Gasteiger partial charge in [0.15, 0.2) is 0 Å². The van der Waals surface area contributed by atoms with Crippen LogP contribution in [0.5, 0.6) is 0 Å². The van der Waals surface area contributed by atoms with Gasteiger partial charge in [0.05, 0.1) is 6.61 Å². The number of pyridine rings is 1. The summed E-state index contributed by atoms with van der Waals surface area (Å²) in [6.07, 6.45) is -4.44. The second-order valence-corrected chi connectivity index (χ2v) is 3.18. The Kier molecular flexibility index (Phi) is 4.12. The van der Waals surface area contributed by atoms with Crippen LogP contribution in [0.15, 0.2) is 18.2 Å². The molecule has 0 amide bonds. The zero-order valence-electron chi connectivity index (χ0n) is 8.83. The van der Waals surface area contributed by atoms with Crippen molar-refractivity contribution in [3.8, 4) is 0 Å². The average molecular weight is 234 g/mol. The van der Waals surface area contributed by atoms with Crippen LogP contribution in [0, 0.1) is 0 Å². The maximum atomic E-state index is 12.4. The van der Waals surface area contributed by atoms with Gasteiger partial charge in [0, 0.05) is 13.1 Å². The summed E-state index contributed by atoms with van der Waals surface area (Å²) in [5.41, 5.74) is -0.915. The fraction of sp³-hybridized carbons (Fsp3) is 0.500. The number of aliphatic hydroxyl groups is 1. The first-order valence-corrected chi connectivity index (χ1v) is 4.89. The molecule has 1 aromatic heterocycles. The summed E-state index contributed by atoms with van der Waals surface area (Å²) < 4.78 is 37.2. The molecule has 1 N–H and O–H groups in total. The molecule has 1 heterocycles. The Morgan fingerprint density at radius 3 is 2.56 bits per heavy atom. The van der Waals surface area contributed by atoms with Gasteiger partial charge in [-0.2, -0.15) is 13.2 Å². The van der Waals surface area contributed by atoms with Crippen LogP contribution in [-0.4, -0.2) is 29.8 Å². The first kappa shape index (κ1) is 12.8.